The molecule has 0 spiro atoms. The summed E-state index contributed by atoms with van der Waals surface area (Å²) in [5.74, 6) is -0.263. The van der Waals surface area contributed by atoms with Gasteiger partial charge in [-0.2, -0.15) is 0 Å². The minimum absolute atomic E-state index is 0. The molecular formula is C12H22Cl2N4O2S. The van der Waals surface area contributed by atoms with Crippen molar-refractivity contribution in [3.8, 4) is 0 Å². The average molecular weight is 357 g/mol. The van der Waals surface area contributed by atoms with Crippen LogP contribution in [0.4, 0.5) is 5.13 Å². The van der Waals surface area contributed by atoms with Crippen molar-refractivity contribution >= 4 is 47.2 Å². The van der Waals surface area contributed by atoms with Crippen molar-refractivity contribution < 1.29 is 9.53 Å². The van der Waals surface area contributed by atoms with Crippen molar-refractivity contribution in [1.29, 1.82) is 0 Å². The van der Waals surface area contributed by atoms with Gasteiger partial charge in [0.2, 0.25) is 5.91 Å². The lowest BCUT2D eigenvalue weighted by atomic mass is 10.2. The molecule has 122 valence electrons. The van der Waals surface area contributed by atoms with Crippen molar-refractivity contribution in [1.82, 2.24) is 9.88 Å². The Morgan fingerprint density at radius 2 is 2.19 bits per heavy atom. The number of ether oxygens (including phenoxy) is 1. The van der Waals surface area contributed by atoms with Crippen molar-refractivity contribution in [3.05, 3.63) is 11.1 Å². The van der Waals surface area contributed by atoms with Gasteiger partial charge in [-0.05, 0) is 0 Å². The molecule has 2 rings (SSSR count). The molecule has 6 nitrogen and oxygen atoms in total. The van der Waals surface area contributed by atoms with E-state index in [1.165, 1.54) is 11.3 Å². The van der Waals surface area contributed by atoms with Crippen LogP contribution in [0, 0.1) is 5.92 Å². The SMILES string of the molecule is CC(CN)C(=O)Nc1nc(CN2CCOCC2)cs1.Cl.Cl. The van der Waals surface area contributed by atoms with Crippen molar-refractivity contribution in [3.63, 3.8) is 0 Å². The molecule has 0 bridgehead atoms. The molecule has 9 heteroatoms. The second kappa shape index (κ2) is 10.3. The zero-order chi connectivity index (χ0) is 13.7. The molecule has 21 heavy (non-hydrogen) atoms. The Bertz CT molecular complexity index is 427. The van der Waals surface area contributed by atoms with Crippen LogP contribution >= 0.6 is 36.2 Å². The van der Waals surface area contributed by atoms with E-state index >= 15 is 0 Å². The van der Waals surface area contributed by atoms with Crippen LogP contribution in [0.15, 0.2) is 5.38 Å². The van der Waals surface area contributed by atoms with Gasteiger partial charge in [0.25, 0.3) is 0 Å². The fraction of sp³-hybridized carbons (Fsp3) is 0.667. The third-order valence-corrected chi connectivity index (χ3v) is 3.88. The summed E-state index contributed by atoms with van der Waals surface area (Å²) in [4.78, 5) is 18.4. The van der Waals surface area contributed by atoms with E-state index in [1.54, 1.807) is 6.92 Å². The summed E-state index contributed by atoms with van der Waals surface area (Å²) >= 11 is 1.45. The Morgan fingerprint density at radius 1 is 1.52 bits per heavy atom. The molecule has 0 aliphatic carbocycles. The Hall–Kier alpha value is -0.440. The van der Waals surface area contributed by atoms with Crippen molar-refractivity contribution in [2.45, 2.75) is 13.5 Å². The second-order valence-electron chi connectivity index (χ2n) is 4.66. The molecule has 1 saturated heterocycles. The quantitative estimate of drug-likeness (QED) is 0.832. The smallest absolute Gasteiger partial charge is 0.230 e. The maximum atomic E-state index is 11.7. The standard InChI is InChI=1S/C12H20N4O2S.2ClH/c1-9(6-13)11(17)15-12-14-10(8-19-12)7-16-2-4-18-5-3-16;;/h8-9H,2-7,13H2,1H3,(H,14,15,17);2*1H. The molecule has 1 aromatic rings. The van der Waals surface area contributed by atoms with Gasteiger partial charge in [0, 0.05) is 37.5 Å². The first-order valence-corrected chi connectivity index (χ1v) is 7.32. The number of halogens is 2. The number of aromatic nitrogens is 1. The van der Waals surface area contributed by atoms with Gasteiger partial charge in [-0.1, -0.05) is 6.92 Å². The normalized spacial score (nSPS) is 16.5. The van der Waals surface area contributed by atoms with Gasteiger partial charge in [-0.3, -0.25) is 9.69 Å². The maximum absolute atomic E-state index is 11.7. The number of hydrogen-bond acceptors (Lipinski definition) is 6. The van der Waals surface area contributed by atoms with Crippen LogP contribution in [-0.4, -0.2) is 48.6 Å². The van der Waals surface area contributed by atoms with Gasteiger partial charge in [0.1, 0.15) is 0 Å². The van der Waals surface area contributed by atoms with Crippen LogP contribution in [-0.2, 0) is 16.1 Å². The van der Waals surface area contributed by atoms with Crippen LogP contribution in [0.3, 0.4) is 0 Å². The van der Waals surface area contributed by atoms with Gasteiger partial charge in [-0.15, -0.1) is 36.2 Å². The van der Waals surface area contributed by atoms with Crippen LogP contribution < -0.4 is 11.1 Å². The van der Waals surface area contributed by atoms with Gasteiger partial charge in [0.15, 0.2) is 5.13 Å². The maximum Gasteiger partial charge on any atom is 0.230 e. The lowest BCUT2D eigenvalue weighted by molar-refractivity contribution is -0.119. The molecule has 0 saturated carbocycles. The number of nitrogens with one attached hydrogen (secondary N) is 1. The first-order chi connectivity index (χ1) is 9.19. The van der Waals surface area contributed by atoms with Gasteiger partial charge in [-0.25, -0.2) is 4.98 Å². The molecule has 3 N–H and O–H groups in total. The summed E-state index contributed by atoms with van der Waals surface area (Å²) in [7, 11) is 0. The van der Waals surface area contributed by atoms with Gasteiger partial charge < -0.3 is 15.8 Å². The predicted molar refractivity (Wildman–Crippen MR) is 89.6 cm³/mol. The number of carbonyl (C=O) groups excluding carboxylic acids is 1. The number of amides is 1. The third kappa shape index (κ3) is 6.46. The largest absolute Gasteiger partial charge is 0.379 e. The zero-order valence-corrected chi connectivity index (χ0v) is 14.4. The first-order valence-electron chi connectivity index (χ1n) is 6.44. The molecular weight excluding hydrogens is 335 g/mol. The number of hydrogen-bond donors (Lipinski definition) is 2. The summed E-state index contributed by atoms with van der Waals surface area (Å²) in [5.41, 5.74) is 6.45. The second-order valence-corrected chi connectivity index (χ2v) is 5.52. The van der Waals surface area contributed by atoms with Crippen molar-refractivity contribution in [2.75, 3.05) is 38.2 Å². The molecule has 1 unspecified atom stereocenters. The molecule has 0 radical (unpaired) electrons. The summed E-state index contributed by atoms with van der Waals surface area (Å²) < 4.78 is 5.31. The lowest BCUT2D eigenvalue weighted by Gasteiger charge is -2.25. The number of nitrogens with two attached hydrogens (primary N) is 1. The summed E-state index contributed by atoms with van der Waals surface area (Å²) in [5, 5.41) is 5.43. The van der Waals surface area contributed by atoms with Gasteiger partial charge >= 0.3 is 0 Å². The minimum Gasteiger partial charge on any atom is -0.379 e. The van der Waals surface area contributed by atoms with Crippen LogP contribution in [0.2, 0.25) is 0 Å². The minimum atomic E-state index is -0.188. The topological polar surface area (TPSA) is 80.5 Å². The number of thiazole rings is 1. The third-order valence-electron chi connectivity index (χ3n) is 3.07. The molecule has 1 atom stereocenters. The highest BCUT2D eigenvalue weighted by Crippen LogP contribution is 2.17. The number of nitrogens with zero attached hydrogens (tertiary/aromatic N) is 2. The number of rotatable bonds is 5. The van der Waals surface area contributed by atoms with Crippen LogP contribution in [0.5, 0.6) is 0 Å². The Morgan fingerprint density at radius 3 is 2.81 bits per heavy atom. The molecule has 1 amide bonds. The lowest BCUT2D eigenvalue weighted by Crippen LogP contribution is -2.35. The van der Waals surface area contributed by atoms with E-state index in [2.05, 4.69) is 15.2 Å². The summed E-state index contributed by atoms with van der Waals surface area (Å²) in [6.45, 7) is 6.38. The van der Waals surface area contributed by atoms with E-state index in [9.17, 15) is 4.79 Å². The first kappa shape index (κ1) is 20.6. The molecule has 1 aromatic heterocycles. The van der Waals surface area contributed by atoms with Gasteiger partial charge in [0.05, 0.1) is 18.9 Å². The summed E-state index contributed by atoms with van der Waals surface area (Å²) in [6.07, 6.45) is 0. The molecule has 0 aromatic carbocycles. The Balaban J connectivity index is 0.00000200. The van der Waals surface area contributed by atoms with Crippen LogP contribution in [0.1, 0.15) is 12.6 Å². The van der Waals surface area contributed by atoms with E-state index < -0.39 is 0 Å². The highest BCUT2D eigenvalue weighted by molar-refractivity contribution is 7.13. The monoisotopic (exact) mass is 356 g/mol. The van der Waals surface area contributed by atoms with E-state index in [1.807, 2.05) is 5.38 Å². The van der Waals surface area contributed by atoms with E-state index in [0.717, 1.165) is 38.5 Å². The molecule has 2 heterocycles. The van der Waals surface area contributed by atoms with Crippen molar-refractivity contribution in [2.24, 2.45) is 11.7 Å². The summed E-state index contributed by atoms with van der Waals surface area (Å²) in [6, 6.07) is 0. The van der Waals surface area contributed by atoms with E-state index in [0.29, 0.717) is 11.7 Å². The fourth-order valence-corrected chi connectivity index (χ4v) is 2.47. The molecule has 1 aliphatic rings. The number of anilines is 1. The Kier molecular flexibility index (Phi) is 10.1. The highest BCUT2D eigenvalue weighted by Gasteiger charge is 2.15. The molecule has 1 aliphatic heterocycles. The highest BCUT2D eigenvalue weighted by atomic mass is 35.5. The zero-order valence-electron chi connectivity index (χ0n) is 11.9. The average Bonchev–Trinajstić information content (AvgIpc) is 2.86. The van der Waals surface area contributed by atoms with E-state index in [-0.39, 0.29) is 36.6 Å². The predicted octanol–water partition coefficient (Wildman–Crippen LogP) is 1.35. The number of morpholine rings is 1. The van der Waals surface area contributed by atoms with E-state index in [4.69, 9.17) is 10.5 Å². The fourth-order valence-electron chi connectivity index (χ4n) is 1.76. The molecule has 1 fully saturated rings. The number of carbonyl (C=O) groups is 1. The van der Waals surface area contributed by atoms with Crippen LogP contribution in [0.25, 0.3) is 0 Å². The Labute approximate surface area is 141 Å².